The van der Waals surface area contributed by atoms with Crippen molar-refractivity contribution in [2.45, 2.75) is 146 Å². The Morgan fingerprint density at radius 3 is 2.26 bits per heavy atom. The number of fused-ring (bicyclic) bond motifs is 2. The summed E-state index contributed by atoms with van der Waals surface area (Å²) in [5.74, 6) is -5.96. The number of halogens is 1. The van der Waals surface area contributed by atoms with Gasteiger partial charge >= 0.3 is 17.9 Å². The van der Waals surface area contributed by atoms with Gasteiger partial charge in [0.05, 0.1) is 24.5 Å². The first kappa shape index (κ1) is 46.1. The van der Waals surface area contributed by atoms with E-state index in [4.69, 9.17) is 18.9 Å². The van der Waals surface area contributed by atoms with Gasteiger partial charge in [0.15, 0.2) is 11.7 Å². The van der Waals surface area contributed by atoms with Crippen LogP contribution in [-0.4, -0.2) is 113 Å². The number of benzene rings is 2. The van der Waals surface area contributed by atoms with E-state index < -0.39 is 71.2 Å². The second-order valence-corrected chi connectivity index (χ2v) is 18.0. The molecule has 4 aliphatic rings. The van der Waals surface area contributed by atoms with Crippen LogP contribution in [-0.2, 0) is 61.5 Å². The van der Waals surface area contributed by atoms with Crippen LogP contribution >= 0.6 is 0 Å². The van der Waals surface area contributed by atoms with Crippen LogP contribution in [0, 0.1) is 12.8 Å². The van der Waals surface area contributed by atoms with Crippen molar-refractivity contribution in [2.24, 2.45) is 5.92 Å². The van der Waals surface area contributed by atoms with Crippen molar-refractivity contribution < 1.29 is 57.5 Å². The predicted molar refractivity (Wildman–Crippen MR) is 221 cm³/mol. The van der Waals surface area contributed by atoms with E-state index in [0.29, 0.717) is 70.3 Å². The highest BCUT2D eigenvalue weighted by Crippen LogP contribution is 2.57. The van der Waals surface area contributed by atoms with Crippen LogP contribution in [0.2, 0.25) is 0 Å². The van der Waals surface area contributed by atoms with Crippen molar-refractivity contribution in [1.29, 1.82) is 0 Å². The fraction of sp³-hybridized carbons (Fsp3) is 0.630. The summed E-state index contributed by atoms with van der Waals surface area (Å²) in [6.45, 7) is 9.08. The maximum Gasteiger partial charge on any atom is 0.303 e. The van der Waals surface area contributed by atoms with Crippen molar-refractivity contribution >= 4 is 29.7 Å². The molecule has 2 aromatic rings. The maximum atomic E-state index is 13.6. The summed E-state index contributed by atoms with van der Waals surface area (Å²) in [5, 5.41) is 27.7. The minimum absolute atomic E-state index is 0.150. The van der Waals surface area contributed by atoms with Crippen LogP contribution in [0.15, 0.2) is 42.5 Å². The van der Waals surface area contributed by atoms with Crippen molar-refractivity contribution in [3.63, 3.8) is 0 Å². The van der Waals surface area contributed by atoms with Crippen molar-refractivity contribution in [3.8, 4) is 0 Å². The number of ether oxygens (including phenoxy) is 4. The average molecular weight is 852 g/mol. The Kier molecular flexibility index (Phi) is 14.3. The predicted octanol–water partition coefficient (Wildman–Crippen LogP) is 4.56. The molecule has 6 rings (SSSR count). The lowest BCUT2D eigenvalue weighted by Crippen LogP contribution is -2.70. The van der Waals surface area contributed by atoms with Crippen LogP contribution in [0.3, 0.4) is 0 Å². The second-order valence-electron chi connectivity index (χ2n) is 18.0. The molecule has 2 amide bonds. The highest BCUT2D eigenvalue weighted by atomic mass is 19.1. The molecule has 14 nitrogen and oxygen atoms in total. The van der Waals surface area contributed by atoms with Gasteiger partial charge in [0.25, 0.3) is 0 Å². The zero-order chi connectivity index (χ0) is 44.2. The molecule has 0 spiro atoms. The number of carbonyl (C=O) groups excluding carboxylic acids is 4. The lowest BCUT2D eigenvalue weighted by Gasteiger charge is -2.53. The van der Waals surface area contributed by atoms with Gasteiger partial charge in [-0.25, -0.2) is 4.39 Å². The molecule has 4 N–H and O–H groups in total. The van der Waals surface area contributed by atoms with Gasteiger partial charge < -0.3 is 39.8 Å². The van der Waals surface area contributed by atoms with Crippen LogP contribution in [0.25, 0.3) is 0 Å². The Labute approximate surface area is 357 Å². The van der Waals surface area contributed by atoms with Crippen LogP contribution < -0.4 is 10.6 Å². The minimum Gasteiger partial charge on any atom is -0.481 e. The molecular formula is C46H62FN3O11. The third kappa shape index (κ3) is 10.3. The van der Waals surface area contributed by atoms with E-state index in [1.165, 1.54) is 27.7 Å². The highest BCUT2D eigenvalue weighted by molar-refractivity contribution is 5.91. The molecule has 0 aromatic heterocycles. The van der Waals surface area contributed by atoms with Gasteiger partial charge in [-0.3, -0.25) is 28.9 Å². The number of rotatable bonds is 17. The molecule has 3 heterocycles. The smallest absolute Gasteiger partial charge is 0.303 e. The summed E-state index contributed by atoms with van der Waals surface area (Å²) >= 11 is 0. The van der Waals surface area contributed by atoms with Crippen molar-refractivity contribution in [1.82, 2.24) is 15.5 Å². The molecule has 0 unspecified atom stereocenters. The Morgan fingerprint density at radius 2 is 1.64 bits per heavy atom. The number of amides is 2. The standard InChI is InChI=1S/C46H62FN3O11/c1-29-12-17-35(46-41(60-31(3)52)37(26-39(54)55)40(59-30(2)51)45(61-46,28-58-46)43(4,5)57)25-34(29)24-33-15-13-32(14-16-33)10-9-11-38(53)49-44(19-7-6-8-20-44)42(56)48-21-23-50-22-18-36(47)27-50/h12-17,25,36-37,40-41,57H,6-11,18-24,26-28H2,1-5H3,(H,48,56)(H,49,53)(H,54,55)/t36-,37+,40+,41-,45+,46+/m1/s1. The molecule has 1 aliphatic carbocycles. The van der Waals surface area contributed by atoms with Gasteiger partial charge in [0.1, 0.15) is 17.8 Å². The van der Waals surface area contributed by atoms with Gasteiger partial charge in [0, 0.05) is 52.0 Å². The van der Waals surface area contributed by atoms with Gasteiger partial charge in [-0.15, -0.1) is 0 Å². The molecule has 15 heteroatoms. The molecule has 0 radical (unpaired) electrons. The lowest BCUT2D eigenvalue weighted by molar-refractivity contribution is -0.341. The number of carboxylic acids is 1. The van der Waals surface area contributed by atoms with Gasteiger partial charge in [-0.1, -0.05) is 55.7 Å². The highest BCUT2D eigenvalue weighted by Gasteiger charge is 2.74. The Bertz CT molecular complexity index is 1930. The summed E-state index contributed by atoms with van der Waals surface area (Å²) in [6, 6.07) is 13.6. The monoisotopic (exact) mass is 851 g/mol. The zero-order valence-corrected chi connectivity index (χ0v) is 36.1. The molecule has 3 saturated heterocycles. The van der Waals surface area contributed by atoms with E-state index in [1.54, 1.807) is 6.07 Å². The number of aryl methyl sites for hydroxylation is 2. The number of carboxylic acid groups (broad SMARTS) is 1. The van der Waals surface area contributed by atoms with E-state index in [2.05, 4.69) is 10.6 Å². The van der Waals surface area contributed by atoms with Crippen molar-refractivity contribution in [3.05, 3.63) is 70.3 Å². The number of likely N-dealkylation sites (tertiary alicyclic amines) is 1. The number of carbonyl (C=O) groups is 5. The van der Waals surface area contributed by atoms with Crippen molar-refractivity contribution in [2.75, 3.05) is 32.8 Å². The number of esters is 2. The topological polar surface area (TPSA) is 190 Å². The number of nitrogens with zero attached hydrogens (tertiary/aromatic N) is 1. The summed E-state index contributed by atoms with van der Waals surface area (Å²) in [7, 11) is 0. The Morgan fingerprint density at radius 1 is 0.967 bits per heavy atom. The summed E-state index contributed by atoms with van der Waals surface area (Å²) in [5.41, 5.74) is 0.0204. The largest absolute Gasteiger partial charge is 0.481 e. The molecule has 1 saturated carbocycles. The number of aliphatic hydroxyl groups is 1. The summed E-state index contributed by atoms with van der Waals surface area (Å²) < 4.78 is 38.2. The minimum atomic E-state index is -1.84. The SMILES string of the molecule is CC(=O)O[C@@H]1[C@@H](CC(=O)O)[C@H](OC(C)=O)[C@]2(C(C)(C)O)CO[C@@]1(c1ccc(C)c(Cc3ccc(CCCC(=O)NC4(C(=O)NCCN5CC[C@@H](F)C5)CCCCC4)cc3)c1)O2. The molecular weight excluding hydrogens is 790 g/mol. The Balaban J connectivity index is 1.12. The van der Waals surface area contributed by atoms with Crippen LogP contribution in [0.4, 0.5) is 4.39 Å². The van der Waals surface area contributed by atoms with Crippen LogP contribution in [0.1, 0.15) is 113 Å². The third-order valence-electron chi connectivity index (χ3n) is 13.0. The number of aliphatic carboxylic acids is 1. The Hall–Kier alpha value is -4.44. The number of nitrogens with one attached hydrogen (secondary N) is 2. The third-order valence-corrected chi connectivity index (χ3v) is 13.0. The number of hydrogen-bond donors (Lipinski definition) is 4. The van der Waals surface area contributed by atoms with E-state index in [9.17, 15) is 38.6 Å². The molecule has 334 valence electrons. The summed E-state index contributed by atoms with van der Waals surface area (Å²) in [6.07, 6.45) is 2.45. The maximum absolute atomic E-state index is 13.6. The molecule has 6 atom stereocenters. The zero-order valence-electron chi connectivity index (χ0n) is 36.1. The van der Waals surface area contributed by atoms with E-state index in [1.807, 2.05) is 48.2 Å². The fourth-order valence-electron chi connectivity index (χ4n) is 9.64. The molecule has 2 aromatic carbocycles. The molecule has 3 aliphatic heterocycles. The second kappa shape index (κ2) is 18.9. The fourth-order valence-corrected chi connectivity index (χ4v) is 9.64. The van der Waals surface area contributed by atoms with E-state index >= 15 is 0 Å². The quantitative estimate of drug-likeness (QED) is 0.163. The molecule has 61 heavy (non-hydrogen) atoms. The number of alkyl halides is 1. The first-order chi connectivity index (χ1) is 28.9. The van der Waals surface area contributed by atoms with Gasteiger partial charge in [0.2, 0.25) is 17.6 Å². The van der Waals surface area contributed by atoms with E-state index in [-0.39, 0.29) is 24.8 Å². The molecule has 4 fully saturated rings. The van der Waals surface area contributed by atoms with Crippen LogP contribution in [0.5, 0.6) is 0 Å². The summed E-state index contributed by atoms with van der Waals surface area (Å²) in [4.78, 5) is 65.9. The average Bonchev–Trinajstić information content (AvgIpc) is 3.79. The van der Waals surface area contributed by atoms with Gasteiger partial charge in [-0.05, 0) is 87.6 Å². The lowest BCUT2D eigenvalue weighted by atomic mass is 9.70. The number of hydrogen-bond acceptors (Lipinski definition) is 11. The molecule has 2 bridgehead atoms. The van der Waals surface area contributed by atoms with Gasteiger partial charge in [-0.2, -0.15) is 0 Å². The first-order valence-corrected chi connectivity index (χ1v) is 21.6. The van der Waals surface area contributed by atoms with E-state index in [0.717, 1.165) is 41.5 Å². The first-order valence-electron chi connectivity index (χ1n) is 21.6. The normalized spacial score (nSPS) is 27.3.